The van der Waals surface area contributed by atoms with Crippen LogP contribution in [0.3, 0.4) is 0 Å². The molecule has 3 aromatic rings. The topological polar surface area (TPSA) is 84.5 Å². The Hall–Kier alpha value is -3.16. The Bertz CT molecular complexity index is 1110. The van der Waals surface area contributed by atoms with Gasteiger partial charge in [-0.2, -0.15) is 5.10 Å². The van der Waals surface area contributed by atoms with Gasteiger partial charge in [0.25, 0.3) is 5.91 Å². The Morgan fingerprint density at radius 3 is 2.81 bits per heavy atom. The highest BCUT2D eigenvalue weighted by atomic mass is 16.3. The van der Waals surface area contributed by atoms with E-state index >= 15 is 0 Å². The second kappa shape index (κ2) is 8.17. The number of nitrogens with zero attached hydrogens (tertiary/aromatic N) is 3. The summed E-state index contributed by atoms with van der Waals surface area (Å²) in [4.78, 5) is 17.4. The van der Waals surface area contributed by atoms with Gasteiger partial charge in [-0.25, -0.2) is 0 Å². The SMILES string of the molecule is CN1CCN(CCNC(=O)c2cc(-c3n[nH]c4c3Cc3ccccc3-4)ccc2O)CC1. The van der Waals surface area contributed by atoms with E-state index in [1.807, 2.05) is 18.2 Å². The maximum absolute atomic E-state index is 12.8. The molecule has 2 heterocycles. The molecule has 3 N–H and O–H groups in total. The van der Waals surface area contributed by atoms with Crippen molar-refractivity contribution in [1.82, 2.24) is 25.3 Å². The van der Waals surface area contributed by atoms with E-state index in [4.69, 9.17) is 0 Å². The average molecular weight is 418 g/mol. The number of aromatic amines is 1. The average Bonchev–Trinajstić information content (AvgIpc) is 3.35. The number of amides is 1. The maximum Gasteiger partial charge on any atom is 0.255 e. The van der Waals surface area contributed by atoms with Crippen LogP contribution in [0.15, 0.2) is 42.5 Å². The number of carbonyl (C=O) groups excluding carboxylic acids is 1. The lowest BCUT2D eigenvalue weighted by molar-refractivity contribution is 0.0938. The Morgan fingerprint density at radius 1 is 1.16 bits per heavy atom. The lowest BCUT2D eigenvalue weighted by Crippen LogP contribution is -2.46. The first-order valence-electron chi connectivity index (χ1n) is 10.8. The number of phenols is 1. The Balaban J connectivity index is 1.30. The van der Waals surface area contributed by atoms with E-state index in [2.05, 4.69) is 44.5 Å². The first kappa shape index (κ1) is 19.8. The number of benzene rings is 2. The number of hydrogen-bond acceptors (Lipinski definition) is 5. The molecule has 5 rings (SSSR count). The van der Waals surface area contributed by atoms with Crippen LogP contribution in [0.2, 0.25) is 0 Å². The third-order valence-corrected chi connectivity index (χ3v) is 6.35. The highest BCUT2D eigenvalue weighted by Gasteiger charge is 2.25. The second-order valence-corrected chi connectivity index (χ2v) is 8.39. The van der Waals surface area contributed by atoms with Gasteiger partial charge < -0.3 is 15.3 Å². The number of rotatable bonds is 5. The van der Waals surface area contributed by atoms with Gasteiger partial charge in [-0.15, -0.1) is 0 Å². The van der Waals surface area contributed by atoms with Crippen molar-refractivity contribution in [2.45, 2.75) is 6.42 Å². The van der Waals surface area contributed by atoms with Crippen molar-refractivity contribution >= 4 is 5.91 Å². The van der Waals surface area contributed by atoms with E-state index in [-0.39, 0.29) is 17.2 Å². The summed E-state index contributed by atoms with van der Waals surface area (Å²) in [6.45, 7) is 5.49. The normalized spacial score (nSPS) is 16.2. The summed E-state index contributed by atoms with van der Waals surface area (Å²) >= 11 is 0. The highest BCUT2D eigenvalue weighted by molar-refractivity contribution is 5.98. The summed E-state index contributed by atoms with van der Waals surface area (Å²) in [6, 6.07) is 13.4. The monoisotopic (exact) mass is 417 g/mol. The van der Waals surface area contributed by atoms with Crippen LogP contribution in [0.5, 0.6) is 5.75 Å². The van der Waals surface area contributed by atoms with Crippen molar-refractivity contribution in [2.24, 2.45) is 0 Å². The zero-order valence-corrected chi connectivity index (χ0v) is 17.7. The third kappa shape index (κ3) is 3.82. The molecule has 1 amide bonds. The molecule has 1 saturated heterocycles. The van der Waals surface area contributed by atoms with E-state index in [9.17, 15) is 9.90 Å². The van der Waals surface area contributed by atoms with Crippen LogP contribution in [0.4, 0.5) is 0 Å². The minimum Gasteiger partial charge on any atom is -0.507 e. The van der Waals surface area contributed by atoms with Crippen molar-refractivity contribution in [3.8, 4) is 28.3 Å². The van der Waals surface area contributed by atoms with Crippen LogP contribution in [0.25, 0.3) is 22.5 Å². The molecule has 1 aromatic heterocycles. The summed E-state index contributed by atoms with van der Waals surface area (Å²) in [5.74, 6) is -0.278. The number of piperazine rings is 1. The first-order chi connectivity index (χ1) is 15.1. The van der Waals surface area contributed by atoms with E-state index < -0.39 is 0 Å². The summed E-state index contributed by atoms with van der Waals surface area (Å²) in [5.41, 5.74) is 6.56. The third-order valence-electron chi connectivity index (χ3n) is 6.35. The van der Waals surface area contributed by atoms with Gasteiger partial charge in [-0.1, -0.05) is 24.3 Å². The van der Waals surface area contributed by atoms with Gasteiger partial charge in [-0.3, -0.25) is 14.8 Å². The van der Waals surface area contributed by atoms with Gasteiger partial charge in [0.15, 0.2) is 0 Å². The molecule has 31 heavy (non-hydrogen) atoms. The van der Waals surface area contributed by atoms with Crippen molar-refractivity contribution in [1.29, 1.82) is 0 Å². The molecule has 1 aliphatic carbocycles. The zero-order valence-electron chi connectivity index (χ0n) is 17.7. The molecule has 1 fully saturated rings. The van der Waals surface area contributed by atoms with Crippen LogP contribution in [0, 0.1) is 0 Å². The minimum absolute atomic E-state index is 0.0173. The fourth-order valence-corrected chi connectivity index (χ4v) is 4.47. The summed E-state index contributed by atoms with van der Waals surface area (Å²) in [6.07, 6.45) is 0.810. The first-order valence-corrected chi connectivity index (χ1v) is 10.8. The van der Waals surface area contributed by atoms with Crippen LogP contribution < -0.4 is 5.32 Å². The number of carbonyl (C=O) groups is 1. The standard InChI is InChI=1S/C24H27N5O2/c1-28-10-12-29(13-11-28)9-8-25-24(31)19-15-17(6-7-21(19)30)22-20-14-16-4-2-3-5-18(16)23(20)27-26-22/h2-7,15,30H,8-14H2,1H3,(H,25,31)(H,26,27). The summed E-state index contributed by atoms with van der Waals surface area (Å²) < 4.78 is 0. The number of fused-ring (bicyclic) bond motifs is 3. The van der Waals surface area contributed by atoms with E-state index in [0.29, 0.717) is 6.54 Å². The van der Waals surface area contributed by atoms with Crippen molar-refractivity contribution < 1.29 is 9.90 Å². The van der Waals surface area contributed by atoms with Gasteiger partial charge in [-0.05, 0) is 30.8 Å². The van der Waals surface area contributed by atoms with E-state index in [1.54, 1.807) is 12.1 Å². The Morgan fingerprint density at radius 2 is 1.97 bits per heavy atom. The fourth-order valence-electron chi connectivity index (χ4n) is 4.47. The maximum atomic E-state index is 12.8. The fraction of sp³-hybridized carbons (Fsp3) is 0.333. The number of aromatic hydroxyl groups is 1. The van der Waals surface area contributed by atoms with E-state index in [0.717, 1.165) is 61.7 Å². The molecule has 0 spiro atoms. The van der Waals surface area contributed by atoms with Crippen molar-refractivity contribution in [2.75, 3.05) is 46.3 Å². The van der Waals surface area contributed by atoms with Gasteiger partial charge in [0.05, 0.1) is 17.0 Å². The molecule has 7 nitrogen and oxygen atoms in total. The highest BCUT2D eigenvalue weighted by Crippen LogP contribution is 2.40. The molecule has 0 unspecified atom stereocenters. The summed E-state index contributed by atoms with van der Waals surface area (Å²) in [5, 5.41) is 20.9. The van der Waals surface area contributed by atoms with Crippen LogP contribution in [0.1, 0.15) is 21.5 Å². The number of phenolic OH excluding ortho intramolecular Hbond substituents is 1. The van der Waals surface area contributed by atoms with Crippen LogP contribution in [-0.2, 0) is 6.42 Å². The molecular formula is C24H27N5O2. The molecule has 7 heteroatoms. The number of nitrogens with one attached hydrogen (secondary N) is 2. The molecule has 2 aliphatic rings. The lowest BCUT2D eigenvalue weighted by Gasteiger charge is -2.32. The minimum atomic E-state index is -0.260. The van der Waals surface area contributed by atoms with Gasteiger partial charge in [0.1, 0.15) is 5.75 Å². The number of aromatic nitrogens is 2. The van der Waals surface area contributed by atoms with Crippen molar-refractivity contribution in [3.05, 3.63) is 59.2 Å². The van der Waals surface area contributed by atoms with E-state index in [1.165, 1.54) is 11.1 Å². The lowest BCUT2D eigenvalue weighted by atomic mass is 10.0. The van der Waals surface area contributed by atoms with Gasteiger partial charge in [0.2, 0.25) is 0 Å². The molecule has 0 bridgehead atoms. The summed E-state index contributed by atoms with van der Waals surface area (Å²) in [7, 11) is 2.13. The largest absolute Gasteiger partial charge is 0.507 e. The molecule has 0 radical (unpaired) electrons. The molecule has 2 aromatic carbocycles. The Labute approximate surface area is 181 Å². The number of hydrogen-bond donors (Lipinski definition) is 3. The smallest absolute Gasteiger partial charge is 0.255 e. The second-order valence-electron chi connectivity index (χ2n) is 8.39. The Kier molecular flexibility index (Phi) is 5.21. The molecule has 1 aliphatic heterocycles. The molecule has 0 saturated carbocycles. The van der Waals surface area contributed by atoms with Gasteiger partial charge >= 0.3 is 0 Å². The number of likely N-dealkylation sites (N-methyl/N-ethyl adjacent to an activating group) is 1. The molecular weight excluding hydrogens is 390 g/mol. The number of H-pyrrole nitrogens is 1. The predicted molar refractivity (Wildman–Crippen MR) is 120 cm³/mol. The quantitative estimate of drug-likeness (QED) is 0.464. The zero-order chi connectivity index (χ0) is 21.4. The molecule has 0 atom stereocenters. The molecule has 160 valence electrons. The van der Waals surface area contributed by atoms with Crippen molar-refractivity contribution in [3.63, 3.8) is 0 Å². The predicted octanol–water partition coefficient (Wildman–Crippen LogP) is 2.33. The van der Waals surface area contributed by atoms with Gasteiger partial charge in [0, 0.05) is 62.4 Å². The van der Waals surface area contributed by atoms with Crippen LogP contribution >= 0.6 is 0 Å². The van der Waals surface area contributed by atoms with Crippen LogP contribution in [-0.4, -0.2) is 77.3 Å².